The molecule has 0 spiro atoms. The van der Waals surface area contributed by atoms with Crippen LogP contribution >= 0.6 is 15.9 Å². The summed E-state index contributed by atoms with van der Waals surface area (Å²) in [7, 11) is -3.56. The van der Waals surface area contributed by atoms with Gasteiger partial charge >= 0.3 is 0 Å². The van der Waals surface area contributed by atoms with Crippen molar-refractivity contribution < 1.29 is 13.2 Å². The van der Waals surface area contributed by atoms with Gasteiger partial charge in [-0.15, -0.1) is 0 Å². The summed E-state index contributed by atoms with van der Waals surface area (Å²) < 4.78 is 28.6. The van der Waals surface area contributed by atoms with E-state index >= 15 is 0 Å². The summed E-state index contributed by atoms with van der Waals surface area (Å²) in [5, 5.41) is 2.78. The summed E-state index contributed by atoms with van der Waals surface area (Å²) >= 11 is 3.41. The molecule has 7 nitrogen and oxygen atoms in total. The molecule has 1 aliphatic rings. The van der Waals surface area contributed by atoms with E-state index in [4.69, 9.17) is 0 Å². The molecule has 0 saturated carbocycles. The molecule has 1 N–H and O–H groups in total. The summed E-state index contributed by atoms with van der Waals surface area (Å²) in [5.41, 5.74) is 1.75. The van der Waals surface area contributed by atoms with Crippen LogP contribution in [0.3, 0.4) is 0 Å². The van der Waals surface area contributed by atoms with E-state index in [0.717, 1.165) is 22.9 Å². The molecule has 2 heterocycles. The minimum atomic E-state index is -3.56. The van der Waals surface area contributed by atoms with Crippen molar-refractivity contribution in [3.05, 3.63) is 40.8 Å². The number of benzene rings is 1. The first kappa shape index (κ1) is 18.1. The van der Waals surface area contributed by atoms with Crippen LogP contribution < -0.4 is 5.32 Å². The lowest BCUT2D eigenvalue weighted by Gasteiger charge is -2.12. The van der Waals surface area contributed by atoms with Gasteiger partial charge in [0, 0.05) is 23.8 Å². The average molecular weight is 427 g/mol. The molecule has 1 amide bonds. The third-order valence-electron chi connectivity index (χ3n) is 4.00. The maximum atomic E-state index is 12.4. The van der Waals surface area contributed by atoms with Crippen molar-refractivity contribution in [1.82, 2.24) is 13.9 Å². The second-order valence-corrected chi connectivity index (χ2v) is 8.77. The first-order valence-corrected chi connectivity index (χ1v) is 10.2. The molecule has 134 valence electrons. The molecule has 0 bridgehead atoms. The first-order valence-electron chi connectivity index (χ1n) is 7.94. The van der Waals surface area contributed by atoms with Gasteiger partial charge in [-0.05, 0) is 53.4 Å². The lowest BCUT2D eigenvalue weighted by Crippen LogP contribution is -2.28. The zero-order chi connectivity index (χ0) is 18.0. The number of nitrogens with one attached hydrogen (secondary N) is 1. The fourth-order valence-electron chi connectivity index (χ4n) is 2.70. The Morgan fingerprint density at radius 2 is 2.04 bits per heavy atom. The lowest BCUT2D eigenvalue weighted by molar-refractivity contribution is -0.116. The van der Waals surface area contributed by atoms with Gasteiger partial charge in [0.1, 0.15) is 6.54 Å². The van der Waals surface area contributed by atoms with Crippen LogP contribution in [0.5, 0.6) is 0 Å². The highest BCUT2D eigenvalue weighted by Gasteiger charge is 2.29. The van der Waals surface area contributed by atoms with Crippen molar-refractivity contribution in [2.45, 2.75) is 31.3 Å². The van der Waals surface area contributed by atoms with E-state index < -0.39 is 10.0 Å². The summed E-state index contributed by atoms with van der Waals surface area (Å²) in [6, 6.07) is 5.63. The van der Waals surface area contributed by atoms with E-state index in [-0.39, 0.29) is 17.5 Å². The Bertz CT molecular complexity index is 889. The van der Waals surface area contributed by atoms with Crippen LogP contribution in [0.15, 0.2) is 40.2 Å². The van der Waals surface area contributed by atoms with Crippen molar-refractivity contribution >= 4 is 37.5 Å². The predicted octanol–water partition coefficient (Wildman–Crippen LogP) is 2.38. The molecule has 9 heteroatoms. The van der Waals surface area contributed by atoms with Crippen molar-refractivity contribution in [1.29, 1.82) is 0 Å². The second-order valence-electron chi connectivity index (χ2n) is 6.03. The molecule has 1 aromatic heterocycles. The van der Waals surface area contributed by atoms with Crippen LogP contribution in [0.25, 0.3) is 0 Å². The van der Waals surface area contributed by atoms with E-state index in [1.807, 2.05) is 25.1 Å². The monoisotopic (exact) mass is 426 g/mol. The SMILES string of the molecule is Cc1ccc(NC(=O)Cn2cnc(S(=O)(=O)N3CCCC3)c2)c(Br)c1. The number of halogens is 1. The molecule has 1 fully saturated rings. The Balaban J connectivity index is 1.67. The predicted molar refractivity (Wildman–Crippen MR) is 97.7 cm³/mol. The lowest BCUT2D eigenvalue weighted by atomic mass is 10.2. The van der Waals surface area contributed by atoms with Gasteiger partial charge < -0.3 is 9.88 Å². The number of carbonyl (C=O) groups excluding carboxylic acids is 1. The molecule has 1 saturated heterocycles. The quantitative estimate of drug-likeness (QED) is 0.794. The molecule has 2 aromatic rings. The number of anilines is 1. The Kier molecular flexibility index (Phi) is 5.26. The Hall–Kier alpha value is -1.71. The van der Waals surface area contributed by atoms with Crippen LogP contribution in [-0.4, -0.2) is 41.3 Å². The van der Waals surface area contributed by atoms with Gasteiger partial charge in [0.15, 0.2) is 5.03 Å². The van der Waals surface area contributed by atoms with Gasteiger partial charge in [0.2, 0.25) is 5.91 Å². The highest BCUT2D eigenvalue weighted by Crippen LogP contribution is 2.23. The van der Waals surface area contributed by atoms with Gasteiger partial charge in [0.05, 0.1) is 12.0 Å². The van der Waals surface area contributed by atoms with E-state index in [1.54, 1.807) is 0 Å². The molecule has 0 unspecified atom stereocenters. The van der Waals surface area contributed by atoms with Crippen LogP contribution in [0.1, 0.15) is 18.4 Å². The molecule has 1 aliphatic heterocycles. The fourth-order valence-corrected chi connectivity index (χ4v) is 4.74. The zero-order valence-corrected chi connectivity index (χ0v) is 16.2. The molecule has 25 heavy (non-hydrogen) atoms. The molecule has 3 rings (SSSR count). The molecule has 0 aliphatic carbocycles. The summed E-state index contributed by atoms with van der Waals surface area (Å²) in [6.07, 6.45) is 4.51. The Labute approximate surface area is 155 Å². The maximum absolute atomic E-state index is 12.4. The number of imidazole rings is 1. The second kappa shape index (κ2) is 7.27. The largest absolute Gasteiger partial charge is 0.327 e. The highest BCUT2D eigenvalue weighted by molar-refractivity contribution is 9.10. The van der Waals surface area contributed by atoms with E-state index in [2.05, 4.69) is 26.2 Å². The van der Waals surface area contributed by atoms with Gasteiger partial charge in [-0.25, -0.2) is 13.4 Å². The molecular weight excluding hydrogens is 408 g/mol. The average Bonchev–Trinajstić information content (AvgIpc) is 3.22. The number of hydrogen-bond acceptors (Lipinski definition) is 4. The van der Waals surface area contributed by atoms with Crippen molar-refractivity contribution in [3.63, 3.8) is 0 Å². The smallest absolute Gasteiger partial charge is 0.262 e. The molecular formula is C16H19BrN4O3S. The maximum Gasteiger partial charge on any atom is 0.262 e. The number of nitrogens with zero attached hydrogens (tertiary/aromatic N) is 3. The number of sulfonamides is 1. The molecule has 0 radical (unpaired) electrons. The summed E-state index contributed by atoms with van der Waals surface area (Å²) in [4.78, 5) is 16.2. The van der Waals surface area contributed by atoms with E-state index in [9.17, 15) is 13.2 Å². The van der Waals surface area contributed by atoms with Crippen molar-refractivity contribution in [2.75, 3.05) is 18.4 Å². The minimum absolute atomic E-state index is 0.0111. The van der Waals surface area contributed by atoms with Crippen molar-refractivity contribution in [2.24, 2.45) is 0 Å². The third-order valence-corrected chi connectivity index (χ3v) is 6.44. The third kappa shape index (κ3) is 4.10. The zero-order valence-electron chi connectivity index (χ0n) is 13.8. The number of amides is 1. The standard InChI is InChI=1S/C16H19BrN4O3S/c1-12-4-5-14(13(17)8-12)19-15(22)9-20-10-16(18-11-20)25(23,24)21-6-2-3-7-21/h4-5,8,10-11H,2-3,6-7,9H2,1H3,(H,19,22). The number of aromatic nitrogens is 2. The van der Waals surface area contributed by atoms with Crippen LogP contribution in [0, 0.1) is 6.92 Å². The number of aryl methyl sites for hydroxylation is 1. The summed E-state index contributed by atoms with van der Waals surface area (Å²) in [6.45, 7) is 3.00. The fraction of sp³-hybridized carbons (Fsp3) is 0.375. The van der Waals surface area contributed by atoms with Gasteiger partial charge in [0.25, 0.3) is 10.0 Å². The van der Waals surface area contributed by atoms with Gasteiger partial charge in [-0.2, -0.15) is 4.31 Å². The topological polar surface area (TPSA) is 84.3 Å². The van der Waals surface area contributed by atoms with Gasteiger partial charge in [-0.1, -0.05) is 6.07 Å². The van der Waals surface area contributed by atoms with E-state index in [1.165, 1.54) is 21.4 Å². The Morgan fingerprint density at radius 1 is 1.32 bits per heavy atom. The van der Waals surface area contributed by atoms with Crippen molar-refractivity contribution in [3.8, 4) is 0 Å². The molecule has 1 aromatic carbocycles. The first-order chi connectivity index (χ1) is 11.9. The van der Waals surface area contributed by atoms with Crippen LogP contribution in [0.2, 0.25) is 0 Å². The molecule has 0 atom stereocenters. The van der Waals surface area contributed by atoms with Gasteiger partial charge in [-0.3, -0.25) is 4.79 Å². The van der Waals surface area contributed by atoms with Crippen LogP contribution in [0.4, 0.5) is 5.69 Å². The van der Waals surface area contributed by atoms with Crippen LogP contribution in [-0.2, 0) is 21.4 Å². The minimum Gasteiger partial charge on any atom is -0.327 e. The van der Waals surface area contributed by atoms with E-state index in [0.29, 0.717) is 18.8 Å². The number of carbonyl (C=O) groups is 1. The highest BCUT2D eigenvalue weighted by atomic mass is 79.9. The number of rotatable bonds is 5. The normalized spacial score (nSPS) is 15.4. The Morgan fingerprint density at radius 3 is 2.72 bits per heavy atom. The number of hydrogen-bond donors (Lipinski definition) is 1. The summed E-state index contributed by atoms with van der Waals surface area (Å²) in [5.74, 6) is -0.257.